The van der Waals surface area contributed by atoms with Gasteiger partial charge in [-0.2, -0.15) is 0 Å². The van der Waals surface area contributed by atoms with Crippen molar-refractivity contribution in [3.63, 3.8) is 0 Å². The number of aliphatic hydroxyl groups is 2. The molecule has 0 heterocycles. The van der Waals surface area contributed by atoms with Crippen molar-refractivity contribution >= 4 is 5.97 Å². The minimum Gasteiger partial charge on any atom is -0.456 e. The molecule has 0 saturated carbocycles. The number of aliphatic hydroxyl groups excluding tert-OH is 2. The summed E-state index contributed by atoms with van der Waals surface area (Å²) >= 11 is 0. The van der Waals surface area contributed by atoms with Crippen molar-refractivity contribution in [2.45, 2.75) is 45.0 Å². The second-order valence-corrected chi connectivity index (χ2v) is 6.03. The molecule has 5 heteroatoms. The monoisotopic (exact) mass is 295 g/mol. The van der Waals surface area contributed by atoms with Crippen molar-refractivity contribution < 1.29 is 19.7 Å². The molecule has 0 radical (unpaired) electrons. The predicted octanol–water partition coefficient (Wildman–Crippen LogP) is 1.65. The van der Waals surface area contributed by atoms with Gasteiger partial charge in [0.2, 0.25) is 0 Å². The topological polar surface area (TPSA) is 78.8 Å². The Morgan fingerprint density at radius 3 is 2.57 bits per heavy atom. The Bertz CT molecular complexity index is 468. The van der Waals surface area contributed by atoms with Gasteiger partial charge in [-0.25, -0.2) is 4.79 Å². The summed E-state index contributed by atoms with van der Waals surface area (Å²) in [5, 5.41) is 23.0. The molecule has 3 N–H and O–H groups in total. The highest BCUT2D eigenvalue weighted by molar-refractivity contribution is 5.89. The molecule has 21 heavy (non-hydrogen) atoms. The minimum atomic E-state index is -1.03. The summed E-state index contributed by atoms with van der Waals surface area (Å²) in [6, 6.07) is 6.54. The maximum absolute atomic E-state index is 12.0. The van der Waals surface area contributed by atoms with E-state index in [1.165, 1.54) is 0 Å². The Hall–Kier alpha value is -1.43. The number of hydrogen-bond acceptors (Lipinski definition) is 5. The normalized spacial score (nSPS) is 14.6. The molecule has 2 atom stereocenters. The first-order valence-electron chi connectivity index (χ1n) is 7.08. The van der Waals surface area contributed by atoms with E-state index in [1.807, 2.05) is 0 Å². The summed E-state index contributed by atoms with van der Waals surface area (Å²) < 4.78 is 5.29. The molecular formula is C16H25NO4. The number of hydrogen-bond donors (Lipinski definition) is 3. The lowest BCUT2D eigenvalue weighted by Gasteiger charge is -2.21. The molecule has 0 aliphatic rings. The number of esters is 1. The van der Waals surface area contributed by atoms with Gasteiger partial charge < -0.3 is 20.3 Å². The van der Waals surface area contributed by atoms with Gasteiger partial charge in [0.05, 0.1) is 11.7 Å². The Morgan fingerprint density at radius 2 is 2.00 bits per heavy atom. The Kier molecular flexibility index (Phi) is 6.33. The van der Waals surface area contributed by atoms with Gasteiger partial charge in [-0.3, -0.25) is 0 Å². The van der Waals surface area contributed by atoms with E-state index >= 15 is 0 Å². The van der Waals surface area contributed by atoms with Gasteiger partial charge in [-0.05, 0) is 58.5 Å². The van der Waals surface area contributed by atoms with Crippen molar-refractivity contribution in [1.29, 1.82) is 0 Å². The lowest BCUT2D eigenvalue weighted by Crippen LogP contribution is -2.25. The van der Waals surface area contributed by atoms with Gasteiger partial charge >= 0.3 is 5.97 Å². The molecule has 1 aromatic rings. The average Bonchev–Trinajstić information content (AvgIpc) is 2.42. The first-order valence-corrected chi connectivity index (χ1v) is 7.08. The molecular weight excluding hydrogens is 270 g/mol. The van der Waals surface area contributed by atoms with Crippen molar-refractivity contribution in [3.05, 3.63) is 35.4 Å². The molecule has 0 aromatic heterocycles. The van der Waals surface area contributed by atoms with Crippen LogP contribution in [-0.4, -0.2) is 41.5 Å². The number of rotatable bonds is 6. The molecule has 0 bridgehead atoms. The van der Waals surface area contributed by atoms with Crippen LogP contribution in [0.4, 0.5) is 0 Å². The van der Waals surface area contributed by atoms with Gasteiger partial charge in [0.15, 0.2) is 0 Å². The van der Waals surface area contributed by atoms with Crippen LogP contribution in [0.15, 0.2) is 24.3 Å². The summed E-state index contributed by atoms with van der Waals surface area (Å²) in [6.07, 6.45) is -1.49. The molecule has 1 rings (SSSR count). The SMILES string of the molecule is CNCCC(O)C(O)c1cccc(C(=O)OC(C)(C)C)c1. The largest absolute Gasteiger partial charge is 0.456 e. The quantitative estimate of drug-likeness (QED) is 0.695. The molecule has 0 fully saturated rings. The lowest BCUT2D eigenvalue weighted by molar-refractivity contribution is 0.00635. The van der Waals surface area contributed by atoms with Crippen LogP contribution in [-0.2, 0) is 4.74 Å². The molecule has 118 valence electrons. The van der Waals surface area contributed by atoms with E-state index in [0.29, 0.717) is 24.1 Å². The van der Waals surface area contributed by atoms with E-state index in [4.69, 9.17) is 4.74 Å². The third-order valence-corrected chi connectivity index (χ3v) is 2.92. The first-order chi connectivity index (χ1) is 9.74. The van der Waals surface area contributed by atoms with Crippen LogP contribution in [0.2, 0.25) is 0 Å². The lowest BCUT2D eigenvalue weighted by atomic mass is 10.00. The molecule has 1 aromatic carbocycles. The zero-order valence-corrected chi connectivity index (χ0v) is 13.1. The third-order valence-electron chi connectivity index (χ3n) is 2.92. The highest BCUT2D eigenvalue weighted by atomic mass is 16.6. The Balaban J connectivity index is 2.82. The number of carbonyl (C=O) groups is 1. The number of ether oxygens (including phenoxy) is 1. The summed E-state index contributed by atoms with van der Waals surface area (Å²) in [7, 11) is 1.78. The van der Waals surface area contributed by atoms with Crippen molar-refractivity contribution in [3.8, 4) is 0 Å². The number of benzene rings is 1. The van der Waals surface area contributed by atoms with Gasteiger partial charge in [-0.1, -0.05) is 12.1 Å². The van der Waals surface area contributed by atoms with E-state index in [9.17, 15) is 15.0 Å². The Labute approximate surface area is 125 Å². The zero-order chi connectivity index (χ0) is 16.0. The summed E-state index contributed by atoms with van der Waals surface area (Å²) in [6.45, 7) is 5.99. The molecule has 0 spiro atoms. The van der Waals surface area contributed by atoms with Crippen LogP contribution in [0.3, 0.4) is 0 Å². The van der Waals surface area contributed by atoms with Crippen LogP contribution in [0, 0.1) is 0 Å². The molecule has 2 unspecified atom stereocenters. The third kappa shape index (κ3) is 5.83. The minimum absolute atomic E-state index is 0.363. The van der Waals surface area contributed by atoms with Gasteiger partial charge in [0, 0.05) is 0 Å². The summed E-state index contributed by atoms with van der Waals surface area (Å²) in [5.74, 6) is -0.443. The zero-order valence-electron chi connectivity index (χ0n) is 13.1. The predicted molar refractivity (Wildman–Crippen MR) is 81.1 cm³/mol. The van der Waals surface area contributed by atoms with E-state index in [1.54, 1.807) is 52.1 Å². The standard InChI is InChI=1S/C16H25NO4/c1-16(2,3)21-15(20)12-7-5-6-11(10-12)14(19)13(18)8-9-17-4/h5-7,10,13-14,17-19H,8-9H2,1-4H3. The molecule has 0 amide bonds. The highest BCUT2D eigenvalue weighted by Gasteiger charge is 2.21. The van der Waals surface area contributed by atoms with Gasteiger partial charge in [0.1, 0.15) is 11.7 Å². The average molecular weight is 295 g/mol. The van der Waals surface area contributed by atoms with Crippen LogP contribution in [0.1, 0.15) is 49.2 Å². The molecule has 5 nitrogen and oxygen atoms in total. The van der Waals surface area contributed by atoms with Crippen molar-refractivity contribution in [1.82, 2.24) is 5.32 Å². The maximum atomic E-state index is 12.0. The van der Waals surface area contributed by atoms with E-state index < -0.39 is 23.8 Å². The van der Waals surface area contributed by atoms with Crippen LogP contribution in [0.5, 0.6) is 0 Å². The van der Waals surface area contributed by atoms with E-state index in [0.717, 1.165) is 0 Å². The fraction of sp³-hybridized carbons (Fsp3) is 0.562. The second-order valence-electron chi connectivity index (χ2n) is 6.03. The van der Waals surface area contributed by atoms with Crippen LogP contribution < -0.4 is 5.32 Å². The number of carbonyl (C=O) groups excluding carboxylic acids is 1. The van der Waals surface area contributed by atoms with Crippen molar-refractivity contribution in [2.75, 3.05) is 13.6 Å². The molecule has 0 aliphatic carbocycles. The van der Waals surface area contributed by atoms with Gasteiger partial charge in [0.25, 0.3) is 0 Å². The second kappa shape index (κ2) is 7.54. The fourth-order valence-corrected chi connectivity index (χ4v) is 1.86. The first kappa shape index (κ1) is 17.6. The maximum Gasteiger partial charge on any atom is 0.338 e. The van der Waals surface area contributed by atoms with Crippen LogP contribution >= 0.6 is 0 Å². The highest BCUT2D eigenvalue weighted by Crippen LogP contribution is 2.21. The summed E-state index contributed by atoms with van der Waals surface area (Å²) in [4.78, 5) is 12.0. The summed E-state index contributed by atoms with van der Waals surface area (Å²) in [5.41, 5.74) is 0.294. The molecule has 0 aliphatic heterocycles. The van der Waals surface area contributed by atoms with E-state index in [2.05, 4.69) is 5.32 Å². The van der Waals surface area contributed by atoms with Crippen molar-refractivity contribution in [2.24, 2.45) is 0 Å². The molecule has 0 saturated heterocycles. The number of nitrogens with one attached hydrogen (secondary N) is 1. The van der Waals surface area contributed by atoms with Crippen LogP contribution in [0.25, 0.3) is 0 Å². The van der Waals surface area contributed by atoms with E-state index in [-0.39, 0.29) is 0 Å². The Morgan fingerprint density at radius 1 is 1.33 bits per heavy atom. The van der Waals surface area contributed by atoms with Gasteiger partial charge in [-0.15, -0.1) is 0 Å². The smallest absolute Gasteiger partial charge is 0.338 e. The fourth-order valence-electron chi connectivity index (χ4n) is 1.86.